The zero-order valence-corrected chi connectivity index (χ0v) is 12.1. The summed E-state index contributed by atoms with van der Waals surface area (Å²) in [5, 5.41) is 2.84. The molecule has 0 saturated heterocycles. The normalized spacial score (nSPS) is 12.1. The van der Waals surface area contributed by atoms with Crippen LogP contribution in [0.4, 0.5) is 5.69 Å². The number of esters is 1. The zero-order chi connectivity index (χ0) is 14.6. The standard InChI is InChI=1S/C15H21NO3/c1-9(2)12(15(18)19-5)14(17)16-13-10(3)7-6-8-11(13)4/h6-9,12H,1-5H3,(H,16,17). The molecule has 4 nitrogen and oxygen atoms in total. The van der Waals surface area contributed by atoms with Crippen molar-refractivity contribution in [3.05, 3.63) is 29.3 Å². The van der Waals surface area contributed by atoms with Gasteiger partial charge in [-0.15, -0.1) is 0 Å². The van der Waals surface area contributed by atoms with Gasteiger partial charge in [0.05, 0.1) is 7.11 Å². The molecule has 4 heteroatoms. The summed E-state index contributed by atoms with van der Waals surface area (Å²) in [6, 6.07) is 5.77. The van der Waals surface area contributed by atoms with Gasteiger partial charge in [-0.25, -0.2) is 0 Å². The van der Waals surface area contributed by atoms with E-state index in [0.29, 0.717) is 0 Å². The number of anilines is 1. The highest BCUT2D eigenvalue weighted by Crippen LogP contribution is 2.22. The first-order valence-corrected chi connectivity index (χ1v) is 6.33. The lowest BCUT2D eigenvalue weighted by atomic mass is 9.94. The second-order valence-corrected chi connectivity index (χ2v) is 5.00. The van der Waals surface area contributed by atoms with Gasteiger partial charge in [-0.3, -0.25) is 9.59 Å². The maximum atomic E-state index is 12.2. The minimum Gasteiger partial charge on any atom is -0.468 e. The number of rotatable bonds is 4. The van der Waals surface area contributed by atoms with Crippen LogP contribution in [-0.4, -0.2) is 19.0 Å². The summed E-state index contributed by atoms with van der Waals surface area (Å²) in [5.74, 6) is -1.72. The van der Waals surface area contributed by atoms with Gasteiger partial charge in [0.1, 0.15) is 5.92 Å². The first-order valence-electron chi connectivity index (χ1n) is 6.33. The van der Waals surface area contributed by atoms with Crippen LogP contribution in [0.2, 0.25) is 0 Å². The lowest BCUT2D eigenvalue weighted by molar-refractivity contribution is -0.150. The topological polar surface area (TPSA) is 55.4 Å². The van der Waals surface area contributed by atoms with Gasteiger partial charge in [-0.2, -0.15) is 0 Å². The summed E-state index contributed by atoms with van der Waals surface area (Å²) in [6.45, 7) is 7.49. The number of methoxy groups -OCH3 is 1. The fourth-order valence-electron chi connectivity index (χ4n) is 2.02. The molecule has 1 unspecified atom stereocenters. The van der Waals surface area contributed by atoms with Crippen LogP contribution in [0.15, 0.2) is 18.2 Å². The molecule has 0 saturated carbocycles. The molecule has 104 valence electrons. The van der Waals surface area contributed by atoms with E-state index in [9.17, 15) is 9.59 Å². The Bertz CT molecular complexity index is 460. The molecule has 0 heterocycles. The van der Waals surface area contributed by atoms with Gasteiger partial charge in [0.2, 0.25) is 5.91 Å². The Morgan fingerprint density at radius 2 is 1.68 bits per heavy atom. The van der Waals surface area contributed by atoms with Crippen molar-refractivity contribution in [1.82, 2.24) is 0 Å². The van der Waals surface area contributed by atoms with E-state index in [2.05, 4.69) is 5.32 Å². The molecule has 0 bridgehead atoms. The van der Waals surface area contributed by atoms with E-state index >= 15 is 0 Å². The number of nitrogens with one attached hydrogen (secondary N) is 1. The summed E-state index contributed by atoms with van der Waals surface area (Å²) in [6.07, 6.45) is 0. The number of hydrogen-bond acceptors (Lipinski definition) is 3. The average Bonchev–Trinajstić information content (AvgIpc) is 2.33. The van der Waals surface area contributed by atoms with Crippen LogP contribution < -0.4 is 5.32 Å². The lowest BCUT2D eigenvalue weighted by Crippen LogP contribution is -2.34. The SMILES string of the molecule is COC(=O)C(C(=O)Nc1c(C)cccc1C)C(C)C. The van der Waals surface area contributed by atoms with Crippen LogP contribution in [0.3, 0.4) is 0 Å². The first-order chi connectivity index (χ1) is 8.88. The van der Waals surface area contributed by atoms with Gasteiger partial charge in [0, 0.05) is 5.69 Å². The minimum atomic E-state index is -0.788. The predicted octanol–water partition coefficient (Wildman–Crippen LogP) is 2.69. The number of hydrogen-bond donors (Lipinski definition) is 1. The van der Waals surface area contributed by atoms with E-state index in [-0.39, 0.29) is 11.8 Å². The molecule has 0 aromatic heterocycles. The van der Waals surface area contributed by atoms with Crippen molar-refractivity contribution in [2.24, 2.45) is 11.8 Å². The van der Waals surface area contributed by atoms with Crippen molar-refractivity contribution in [2.75, 3.05) is 12.4 Å². The minimum absolute atomic E-state index is 0.114. The van der Waals surface area contributed by atoms with Gasteiger partial charge < -0.3 is 10.1 Å². The first kappa shape index (κ1) is 15.2. The van der Waals surface area contributed by atoms with Crippen molar-refractivity contribution in [2.45, 2.75) is 27.7 Å². The summed E-state index contributed by atoms with van der Waals surface area (Å²) in [7, 11) is 1.30. The molecular weight excluding hydrogens is 242 g/mol. The third kappa shape index (κ3) is 3.56. The molecule has 1 atom stereocenters. The Labute approximate surface area is 114 Å². The van der Waals surface area contributed by atoms with E-state index < -0.39 is 11.9 Å². The second-order valence-electron chi connectivity index (χ2n) is 5.00. The number of para-hydroxylation sites is 1. The Kier molecular flexibility index (Phi) is 5.10. The van der Waals surface area contributed by atoms with Gasteiger partial charge in [0.15, 0.2) is 0 Å². The van der Waals surface area contributed by atoms with Crippen LogP contribution in [0.25, 0.3) is 0 Å². The number of carbonyl (C=O) groups is 2. The average molecular weight is 263 g/mol. The molecular formula is C15H21NO3. The molecule has 1 aromatic rings. The quantitative estimate of drug-likeness (QED) is 0.671. The third-order valence-electron chi connectivity index (χ3n) is 3.13. The molecule has 0 aliphatic rings. The van der Waals surface area contributed by atoms with E-state index in [1.807, 2.05) is 45.9 Å². The van der Waals surface area contributed by atoms with E-state index in [1.54, 1.807) is 0 Å². The molecule has 1 rings (SSSR count). The van der Waals surface area contributed by atoms with Gasteiger partial charge in [-0.1, -0.05) is 32.0 Å². The highest BCUT2D eigenvalue weighted by Gasteiger charge is 2.31. The second kappa shape index (κ2) is 6.36. The number of amides is 1. The summed E-state index contributed by atoms with van der Waals surface area (Å²) >= 11 is 0. The lowest BCUT2D eigenvalue weighted by Gasteiger charge is -2.19. The van der Waals surface area contributed by atoms with Crippen LogP contribution in [0.1, 0.15) is 25.0 Å². The maximum Gasteiger partial charge on any atom is 0.318 e. The van der Waals surface area contributed by atoms with Gasteiger partial charge in [0.25, 0.3) is 0 Å². The Morgan fingerprint density at radius 1 is 1.16 bits per heavy atom. The van der Waals surface area contributed by atoms with Crippen molar-refractivity contribution in [3.8, 4) is 0 Å². The van der Waals surface area contributed by atoms with Crippen LogP contribution in [-0.2, 0) is 14.3 Å². The van der Waals surface area contributed by atoms with E-state index in [0.717, 1.165) is 16.8 Å². The van der Waals surface area contributed by atoms with E-state index in [1.165, 1.54) is 7.11 Å². The number of benzene rings is 1. The third-order valence-corrected chi connectivity index (χ3v) is 3.13. The van der Waals surface area contributed by atoms with Crippen molar-refractivity contribution in [1.29, 1.82) is 0 Å². The van der Waals surface area contributed by atoms with Crippen LogP contribution in [0.5, 0.6) is 0 Å². The number of aryl methyl sites for hydroxylation is 2. The Hall–Kier alpha value is -1.84. The van der Waals surface area contributed by atoms with Crippen LogP contribution in [0, 0.1) is 25.7 Å². The van der Waals surface area contributed by atoms with Crippen molar-refractivity contribution >= 4 is 17.6 Å². The molecule has 0 aliphatic carbocycles. The zero-order valence-electron chi connectivity index (χ0n) is 12.1. The monoisotopic (exact) mass is 263 g/mol. The largest absolute Gasteiger partial charge is 0.468 e. The Balaban J connectivity index is 2.97. The molecule has 1 aromatic carbocycles. The number of carbonyl (C=O) groups excluding carboxylic acids is 2. The molecule has 19 heavy (non-hydrogen) atoms. The Morgan fingerprint density at radius 3 is 2.11 bits per heavy atom. The fraction of sp³-hybridized carbons (Fsp3) is 0.467. The van der Waals surface area contributed by atoms with Crippen molar-refractivity contribution < 1.29 is 14.3 Å². The highest BCUT2D eigenvalue weighted by atomic mass is 16.5. The predicted molar refractivity (Wildman–Crippen MR) is 74.9 cm³/mol. The van der Waals surface area contributed by atoms with Crippen molar-refractivity contribution in [3.63, 3.8) is 0 Å². The molecule has 0 radical (unpaired) electrons. The molecule has 0 spiro atoms. The van der Waals surface area contributed by atoms with Gasteiger partial charge in [-0.05, 0) is 30.9 Å². The smallest absolute Gasteiger partial charge is 0.318 e. The fourth-order valence-corrected chi connectivity index (χ4v) is 2.02. The maximum absolute atomic E-state index is 12.2. The summed E-state index contributed by atoms with van der Waals surface area (Å²) in [4.78, 5) is 23.9. The highest BCUT2D eigenvalue weighted by molar-refractivity contribution is 6.05. The summed E-state index contributed by atoms with van der Waals surface area (Å²) in [5.41, 5.74) is 2.71. The van der Waals surface area contributed by atoms with Gasteiger partial charge >= 0.3 is 5.97 Å². The molecule has 1 N–H and O–H groups in total. The molecule has 0 fully saturated rings. The summed E-state index contributed by atoms with van der Waals surface area (Å²) < 4.78 is 4.69. The molecule has 0 aliphatic heterocycles. The van der Waals surface area contributed by atoms with E-state index in [4.69, 9.17) is 4.74 Å². The molecule has 1 amide bonds. The number of ether oxygens (including phenoxy) is 1. The van der Waals surface area contributed by atoms with Crippen LogP contribution >= 0.6 is 0 Å².